The fourth-order valence-corrected chi connectivity index (χ4v) is 10.5. The highest BCUT2D eigenvalue weighted by atomic mass is 16.3. The highest BCUT2D eigenvalue weighted by molar-refractivity contribution is 6.24. The maximum absolute atomic E-state index is 6.40. The Labute approximate surface area is 398 Å². The van der Waals surface area contributed by atoms with Crippen molar-refractivity contribution < 1.29 is 4.42 Å². The molecule has 12 aromatic carbocycles. The number of hydrogen-bond acceptors (Lipinski definition) is 3. The van der Waals surface area contributed by atoms with E-state index < -0.39 is 0 Å². The van der Waals surface area contributed by atoms with Crippen molar-refractivity contribution in [2.75, 3.05) is 0 Å². The monoisotopic (exact) mass is 876 g/mol. The molecule has 0 aliphatic heterocycles. The predicted octanol–water partition coefficient (Wildman–Crippen LogP) is 18.1. The van der Waals surface area contributed by atoms with Gasteiger partial charge >= 0.3 is 0 Å². The van der Waals surface area contributed by atoms with Crippen LogP contribution in [0.5, 0.6) is 0 Å². The van der Waals surface area contributed by atoms with E-state index in [9.17, 15) is 0 Å². The van der Waals surface area contributed by atoms with E-state index in [0.717, 1.165) is 99.2 Å². The number of hydrogen-bond donors (Lipinski definition) is 0. The van der Waals surface area contributed by atoms with Gasteiger partial charge in [0.25, 0.3) is 0 Å². The van der Waals surface area contributed by atoms with Gasteiger partial charge in [-0.15, -0.1) is 0 Å². The Morgan fingerprint density at radius 3 is 1.42 bits per heavy atom. The van der Waals surface area contributed by atoms with Gasteiger partial charge in [-0.1, -0.05) is 194 Å². The molecule has 320 valence electrons. The lowest BCUT2D eigenvalue weighted by atomic mass is 9.92. The molecule has 3 heteroatoms. The first-order valence-corrected chi connectivity index (χ1v) is 23.5. The molecule has 3 nitrogen and oxygen atoms in total. The van der Waals surface area contributed by atoms with E-state index in [1.807, 2.05) is 18.3 Å². The molecule has 14 rings (SSSR count). The van der Waals surface area contributed by atoms with Gasteiger partial charge in [0.1, 0.15) is 11.2 Å². The highest BCUT2D eigenvalue weighted by Crippen LogP contribution is 2.41. The quantitative estimate of drug-likeness (QED) is 0.156. The zero-order valence-corrected chi connectivity index (χ0v) is 37.4. The number of furan rings is 1. The first kappa shape index (κ1) is 39.0. The molecule has 0 spiro atoms. The maximum atomic E-state index is 6.40. The molecule has 0 aliphatic carbocycles. The molecule has 0 aliphatic rings. The van der Waals surface area contributed by atoms with Crippen LogP contribution in [0.1, 0.15) is 0 Å². The molecule has 2 aromatic heterocycles. The van der Waals surface area contributed by atoms with Crippen molar-refractivity contribution in [2.45, 2.75) is 0 Å². The number of nitrogens with zero attached hydrogens (tertiary/aromatic N) is 2. The molecule has 0 bridgehead atoms. The average molecular weight is 877 g/mol. The van der Waals surface area contributed by atoms with Crippen LogP contribution in [0.25, 0.3) is 143 Å². The van der Waals surface area contributed by atoms with Crippen LogP contribution in [0.4, 0.5) is 0 Å². The Morgan fingerprint density at radius 1 is 0.275 bits per heavy atom. The summed E-state index contributed by atoms with van der Waals surface area (Å²) in [6.07, 6.45) is 1.94. The molecule has 0 unspecified atom stereocenters. The van der Waals surface area contributed by atoms with Gasteiger partial charge < -0.3 is 4.42 Å². The number of rotatable bonds is 6. The van der Waals surface area contributed by atoms with E-state index in [4.69, 9.17) is 14.4 Å². The van der Waals surface area contributed by atoms with Gasteiger partial charge in [-0.25, -0.2) is 4.98 Å². The Bertz CT molecular complexity index is 4370. The Morgan fingerprint density at radius 2 is 0.754 bits per heavy atom. The van der Waals surface area contributed by atoms with Crippen molar-refractivity contribution >= 4 is 76.1 Å². The first-order valence-electron chi connectivity index (χ1n) is 23.5. The second-order valence-electron chi connectivity index (χ2n) is 18.1. The largest absolute Gasteiger partial charge is 0.455 e. The molecule has 0 atom stereocenters. The lowest BCUT2D eigenvalue weighted by molar-refractivity contribution is 0.670. The van der Waals surface area contributed by atoms with E-state index >= 15 is 0 Å². The normalized spacial score (nSPS) is 11.8. The van der Waals surface area contributed by atoms with Crippen LogP contribution in [-0.4, -0.2) is 9.97 Å². The van der Waals surface area contributed by atoms with Crippen LogP contribution in [0, 0.1) is 0 Å². The summed E-state index contributed by atoms with van der Waals surface area (Å²) in [6, 6.07) is 85.2. The highest BCUT2D eigenvalue weighted by Gasteiger charge is 2.17. The number of para-hydroxylation sites is 2. The topological polar surface area (TPSA) is 38.9 Å². The molecule has 14 aromatic rings. The van der Waals surface area contributed by atoms with E-state index in [-0.39, 0.29) is 0 Å². The van der Waals surface area contributed by atoms with Gasteiger partial charge in [0.15, 0.2) is 0 Å². The lowest BCUT2D eigenvalue weighted by Crippen LogP contribution is -1.93. The Hall–Kier alpha value is -9.18. The van der Waals surface area contributed by atoms with E-state index in [1.54, 1.807) is 0 Å². The van der Waals surface area contributed by atoms with Gasteiger partial charge in [-0.05, 0) is 125 Å². The second-order valence-corrected chi connectivity index (χ2v) is 18.1. The minimum Gasteiger partial charge on any atom is -0.455 e. The SMILES string of the molecule is c1cc(-c2ccc(-c3cccc(-c4cccc5c4oc4ccccc45)c3)cc2)cc(-c2cnc3c4ccc(-c5ccc6ccccc6c5)cc4c4cc(-c5ccc6ccccc6c5)ccc4c3n2)c1. The van der Waals surface area contributed by atoms with Gasteiger partial charge in [0.05, 0.1) is 22.9 Å². The summed E-state index contributed by atoms with van der Waals surface area (Å²) in [5, 5.41) is 11.7. The summed E-state index contributed by atoms with van der Waals surface area (Å²) < 4.78 is 6.40. The summed E-state index contributed by atoms with van der Waals surface area (Å²) in [5.74, 6) is 0. The molecule has 0 fully saturated rings. The van der Waals surface area contributed by atoms with E-state index in [1.165, 1.54) is 43.8 Å². The van der Waals surface area contributed by atoms with Crippen molar-refractivity contribution in [1.29, 1.82) is 0 Å². The van der Waals surface area contributed by atoms with Crippen molar-refractivity contribution in [3.63, 3.8) is 0 Å². The van der Waals surface area contributed by atoms with Crippen LogP contribution in [-0.2, 0) is 0 Å². The molecule has 2 heterocycles. The lowest BCUT2D eigenvalue weighted by Gasteiger charge is -2.14. The third-order valence-electron chi connectivity index (χ3n) is 14.1. The third kappa shape index (κ3) is 6.66. The van der Waals surface area contributed by atoms with Crippen molar-refractivity contribution in [2.24, 2.45) is 0 Å². The smallest absolute Gasteiger partial charge is 0.143 e. The van der Waals surface area contributed by atoms with Crippen molar-refractivity contribution in [3.05, 3.63) is 243 Å². The predicted molar refractivity (Wildman–Crippen MR) is 289 cm³/mol. The molecule has 0 saturated heterocycles. The van der Waals surface area contributed by atoms with Gasteiger partial charge in [0, 0.05) is 32.7 Å². The summed E-state index contributed by atoms with van der Waals surface area (Å²) in [7, 11) is 0. The van der Waals surface area contributed by atoms with Crippen LogP contribution < -0.4 is 0 Å². The average Bonchev–Trinajstić information content (AvgIpc) is 3.82. The molecule has 0 N–H and O–H groups in total. The number of benzene rings is 12. The van der Waals surface area contributed by atoms with Gasteiger partial charge in [0.2, 0.25) is 0 Å². The minimum absolute atomic E-state index is 0.837. The van der Waals surface area contributed by atoms with Gasteiger partial charge in [-0.3, -0.25) is 4.98 Å². The molecular formula is C66H40N2O. The first-order chi connectivity index (χ1) is 34.1. The number of aromatic nitrogens is 2. The molecular weight excluding hydrogens is 837 g/mol. The summed E-state index contributed by atoms with van der Waals surface area (Å²) in [4.78, 5) is 10.7. The zero-order chi connectivity index (χ0) is 45.4. The Kier molecular flexibility index (Phi) is 8.90. The van der Waals surface area contributed by atoms with E-state index in [2.05, 4.69) is 224 Å². The van der Waals surface area contributed by atoms with Crippen LogP contribution in [0.2, 0.25) is 0 Å². The fraction of sp³-hybridized carbons (Fsp3) is 0. The minimum atomic E-state index is 0.837. The van der Waals surface area contributed by atoms with Crippen molar-refractivity contribution in [3.8, 4) is 66.9 Å². The fourth-order valence-electron chi connectivity index (χ4n) is 10.5. The molecule has 0 amide bonds. The van der Waals surface area contributed by atoms with Crippen LogP contribution >= 0.6 is 0 Å². The molecule has 0 saturated carbocycles. The van der Waals surface area contributed by atoms with Crippen molar-refractivity contribution in [1.82, 2.24) is 9.97 Å². The maximum Gasteiger partial charge on any atom is 0.143 e. The summed E-state index contributed by atoms with van der Waals surface area (Å²) in [5.41, 5.74) is 17.0. The van der Waals surface area contributed by atoms with Gasteiger partial charge in [-0.2, -0.15) is 0 Å². The second kappa shape index (κ2) is 15.7. The summed E-state index contributed by atoms with van der Waals surface area (Å²) in [6.45, 7) is 0. The zero-order valence-electron chi connectivity index (χ0n) is 37.4. The van der Waals surface area contributed by atoms with Crippen LogP contribution in [0.3, 0.4) is 0 Å². The summed E-state index contributed by atoms with van der Waals surface area (Å²) >= 11 is 0. The third-order valence-corrected chi connectivity index (χ3v) is 14.1. The molecule has 69 heavy (non-hydrogen) atoms. The van der Waals surface area contributed by atoms with E-state index in [0.29, 0.717) is 0 Å². The Balaban J connectivity index is 0.840. The molecule has 0 radical (unpaired) electrons. The number of fused-ring (bicyclic) bond motifs is 11. The van der Waals surface area contributed by atoms with Crippen LogP contribution in [0.15, 0.2) is 247 Å². The standard InChI is InChI=1S/C66H40N2O/c1-3-12-45-34-49(28-26-41(45)10-1)51-30-32-57-60(38-51)61-39-52(50-29-27-42-11-2-4-13-46(42)35-50)31-33-58(61)65-64(57)67-40-62(68-65)54-17-8-15-48(37-54)44-24-22-43(23-25-44)47-14-7-16-53(36-47)55-19-9-20-59-56-18-5-6-21-63(56)69-66(55)59/h1-40H.